The average Bonchev–Trinajstić information content (AvgIpc) is 3.28. The van der Waals surface area contributed by atoms with Crippen molar-refractivity contribution in [1.29, 1.82) is 0 Å². The van der Waals surface area contributed by atoms with E-state index in [1.807, 2.05) is 4.90 Å². The number of likely N-dealkylation sites (tertiary alicyclic amines) is 1. The summed E-state index contributed by atoms with van der Waals surface area (Å²) in [5.41, 5.74) is 4.21. The number of aromatic nitrogens is 1. The zero-order valence-corrected chi connectivity index (χ0v) is 19.9. The van der Waals surface area contributed by atoms with Gasteiger partial charge in [-0.15, -0.1) is 0 Å². The Morgan fingerprint density at radius 1 is 1.03 bits per heavy atom. The molecule has 2 amide bonds. The molecule has 0 radical (unpaired) electrons. The molecule has 1 aromatic carbocycles. The second-order valence-corrected chi connectivity index (χ2v) is 10.9. The van der Waals surface area contributed by atoms with Gasteiger partial charge in [-0.2, -0.15) is 0 Å². The number of nitrogens with one attached hydrogen (secondary N) is 2. The van der Waals surface area contributed by atoms with Crippen LogP contribution in [0.1, 0.15) is 56.9 Å². The average molecular weight is 450 g/mol. The summed E-state index contributed by atoms with van der Waals surface area (Å²) in [6, 6.07) is 7.88. The first-order valence-corrected chi connectivity index (χ1v) is 13.4. The third kappa shape index (κ3) is 4.34. The first kappa shape index (κ1) is 21.3. The van der Waals surface area contributed by atoms with E-state index in [9.17, 15) is 4.79 Å². The molecule has 3 aliphatic heterocycles. The molecule has 3 fully saturated rings. The fourth-order valence-electron chi connectivity index (χ4n) is 6.83. The Bertz CT molecular complexity index is 972. The zero-order valence-electron chi connectivity index (χ0n) is 19.9. The van der Waals surface area contributed by atoms with E-state index in [0.717, 1.165) is 57.7 Å². The molecule has 0 spiro atoms. The number of H-pyrrole nitrogens is 1. The van der Waals surface area contributed by atoms with Crippen LogP contribution in [-0.2, 0) is 6.42 Å². The molecule has 1 saturated carbocycles. The number of hydrogen-bond acceptors (Lipinski definition) is 3. The molecule has 1 aromatic heterocycles. The van der Waals surface area contributed by atoms with Crippen LogP contribution in [0.4, 0.5) is 10.5 Å². The van der Waals surface area contributed by atoms with Gasteiger partial charge in [-0.25, -0.2) is 4.79 Å². The van der Waals surface area contributed by atoms with Crippen molar-refractivity contribution in [2.24, 2.45) is 5.92 Å². The Labute approximate surface area is 197 Å². The lowest BCUT2D eigenvalue weighted by atomic mass is 9.84. The molecule has 0 bridgehead atoms. The second-order valence-electron chi connectivity index (χ2n) is 10.9. The van der Waals surface area contributed by atoms with Crippen molar-refractivity contribution < 1.29 is 4.79 Å². The summed E-state index contributed by atoms with van der Waals surface area (Å²) in [4.78, 5) is 23.4. The molecule has 1 unspecified atom stereocenters. The Morgan fingerprint density at radius 3 is 2.73 bits per heavy atom. The number of piperidine rings is 1. The molecule has 2 aromatic rings. The number of anilines is 1. The maximum Gasteiger partial charge on any atom is 0.317 e. The van der Waals surface area contributed by atoms with E-state index in [1.165, 1.54) is 67.5 Å². The number of urea groups is 1. The van der Waals surface area contributed by atoms with E-state index < -0.39 is 0 Å². The quantitative estimate of drug-likeness (QED) is 0.729. The molecule has 2 saturated heterocycles. The minimum absolute atomic E-state index is 0.185. The van der Waals surface area contributed by atoms with Crippen LogP contribution in [0.25, 0.3) is 10.9 Å². The van der Waals surface area contributed by atoms with Crippen molar-refractivity contribution in [1.82, 2.24) is 20.1 Å². The molecule has 6 heteroatoms. The van der Waals surface area contributed by atoms with Crippen LogP contribution < -0.4 is 10.2 Å². The summed E-state index contributed by atoms with van der Waals surface area (Å²) < 4.78 is 0. The largest absolute Gasteiger partial charge is 0.365 e. The van der Waals surface area contributed by atoms with Gasteiger partial charge in [-0.05, 0) is 87.9 Å². The molecule has 2 N–H and O–H groups in total. The molecule has 4 heterocycles. The number of hydrogen-bond donors (Lipinski definition) is 2. The standard InChI is InChI=1S/C27H39N5O/c33-27(31-12-2-1-3-13-31)29-22-9-7-20(8-10-22)11-14-30-15-16-32-23(19-30)17-21-18-28-24-5-4-6-25(32)26(21)24/h4-6,18,20,22-23,28H,1-3,7-17,19H2,(H,29,33). The third-order valence-corrected chi connectivity index (χ3v) is 8.77. The van der Waals surface area contributed by atoms with Gasteiger partial charge in [0.1, 0.15) is 0 Å². The fourth-order valence-corrected chi connectivity index (χ4v) is 6.83. The molecule has 6 rings (SSSR count). The van der Waals surface area contributed by atoms with Crippen molar-refractivity contribution in [2.45, 2.75) is 69.9 Å². The molecule has 4 aliphatic rings. The monoisotopic (exact) mass is 449 g/mol. The van der Waals surface area contributed by atoms with Gasteiger partial charge in [-0.1, -0.05) is 6.07 Å². The van der Waals surface area contributed by atoms with E-state index in [4.69, 9.17) is 0 Å². The highest BCUT2D eigenvalue weighted by Crippen LogP contribution is 2.38. The second kappa shape index (κ2) is 9.21. The normalized spacial score (nSPS) is 28.1. The lowest BCUT2D eigenvalue weighted by Crippen LogP contribution is -2.55. The van der Waals surface area contributed by atoms with E-state index in [1.54, 1.807) is 0 Å². The van der Waals surface area contributed by atoms with E-state index in [-0.39, 0.29) is 6.03 Å². The van der Waals surface area contributed by atoms with E-state index >= 15 is 0 Å². The minimum atomic E-state index is 0.185. The Hall–Kier alpha value is -2.21. The zero-order chi connectivity index (χ0) is 22.2. The molecular formula is C27H39N5O. The predicted octanol–water partition coefficient (Wildman–Crippen LogP) is 4.36. The topological polar surface area (TPSA) is 54.6 Å². The molecule has 6 nitrogen and oxygen atoms in total. The number of benzene rings is 1. The fraction of sp³-hybridized carbons (Fsp3) is 0.667. The summed E-state index contributed by atoms with van der Waals surface area (Å²) >= 11 is 0. The van der Waals surface area contributed by atoms with Gasteiger partial charge in [-0.3, -0.25) is 4.90 Å². The number of rotatable bonds is 4. The minimum Gasteiger partial charge on any atom is -0.365 e. The van der Waals surface area contributed by atoms with Gasteiger partial charge in [0.05, 0.1) is 0 Å². The third-order valence-electron chi connectivity index (χ3n) is 8.77. The summed E-state index contributed by atoms with van der Waals surface area (Å²) in [6.45, 7) is 6.61. The van der Waals surface area contributed by atoms with Gasteiger partial charge in [0.15, 0.2) is 0 Å². The first-order valence-electron chi connectivity index (χ1n) is 13.4. The Balaban J connectivity index is 0.960. The van der Waals surface area contributed by atoms with Crippen LogP contribution in [0.2, 0.25) is 0 Å². The van der Waals surface area contributed by atoms with Crippen LogP contribution in [-0.4, -0.2) is 72.2 Å². The van der Waals surface area contributed by atoms with E-state index in [2.05, 4.69) is 44.5 Å². The van der Waals surface area contributed by atoms with Gasteiger partial charge in [0, 0.05) is 67.6 Å². The highest BCUT2D eigenvalue weighted by molar-refractivity contribution is 5.97. The van der Waals surface area contributed by atoms with Gasteiger partial charge < -0.3 is 20.1 Å². The van der Waals surface area contributed by atoms with Crippen molar-refractivity contribution in [2.75, 3.05) is 44.2 Å². The lowest BCUT2D eigenvalue weighted by molar-refractivity contribution is 0.170. The number of aromatic amines is 1. The number of carbonyl (C=O) groups excluding carboxylic acids is 1. The summed E-state index contributed by atoms with van der Waals surface area (Å²) in [5.74, 6) is 0.822. The first-order chi connectivity index (χ1) is 16.2. The van der Waals surface area contributed by atoms with Crippen molar-refractivity contribution in [3.05, 3.63) is 30.0 Å². The summed E-state index contributed by atoms with van der Waals surface area (Å²) in [5, 5.41) is 4.78. The van der Waals surface area contributed by atoms with Crippen LogP contribution in [0.3, 0.4) is 0 Å². The Morgan fingerprint density at radius 2 is 1.88 bits per heavy atom. The molecule has 178 valence electrons. The predicted molar refractivity (Wildman–Crippen MR) is 134 cm³/mol. The van der Waals surface area contributed by atoms with Crippen LogP contribution in [0, 0.1) is 5.92 Å². The molecule has 33 heavy (non-hydrogen) atoms. The maximum atomic E-state index is 12.5. The van der Waals surface area contributed by atoms with E-state index in [0.29, 0.717) is 12.1 Å². The van der Waals surface area contributed by atoms with Crippen molar-refractivity contribution in [3.8, 4) is 0 Å². The lowest BCUT2D eigenvalue weighted by Gasteiger charge is -2.45. The highest BCUT2D eigenvalue weighted by Gasteiger charge is 2.33. The Kier molecular flexibility index (Phi) is 5.95. The van der Waals surface area contributed by atoms with Gasteiger partial charge in [0.2, 0.25) is 0 Å². The smallest absolute Gasteiger partial charge is 0.317 e. The summed E-state index contributed by atoms with van der Waals surface area (Å²) in [6.07, 6.45) is 13.1. The number of carbonyl (C=O) groups is 1. The van der Waals surface area contributed by atoms with Gasteiger partial charge >= 0.3 is 6.03 Å². The number of nitrogens with zero attached hydrogens (tertiary/aromatic N) is 3. The van der Waals surface area contributed by atoms with Gasteiger partial charge in [0.25, 0.3) is 0 Å². The van der Waals surface area contributed by atoms with Crippen molar-refractivity contribution >= 4 is 22.6 Å². The number of piperazine rings is 1. The van der Waals surface area contributed by atoms with Crippen LogP contribution in [0.15, 0.2) is 24.4 Å². The molecular weight excluding hydrogens is 410 g/mol. The van der Waals surface area contributed by atoms with Crippen LogP contribution >= 0.6 is 0 Å². The number of fused-ring (bicyclic) bond motifs is 2. The maximum absolute atomic E-state index is 12.5. The number of amides is 2. The highest BCUT2D eigenvalue weighted by atomic mass is 16.2. The summed E-state index contributed by atoms with van der Waals surface area (Å²) in [7, 11) is 0. The SMILES string of the molecule is O=C(NC1CCC(CCN2CCN3c4cccc5[nH]cc(c45)CC3C2)CC1)N1CCCCC1. The molecule has 1 aliphatic carbocycles. The van der Waals surface area contributed by atoms with Crippen molar-refractivity contribution in [3.63, 3.8) is 0 Å². The molecule has 1 atom stereocenters. The van der Waals surface area contributed by atoms with Crippen LogP contribution in [0.5, 0.6) is 0 Å².